The Morgan fingerprint density at radius 2 is 2.09 bits per heavy atom. The lowest BCUT2D eigenvalue weighted by atomic mass is 10.1. The summed E-state index contributed by atoms with van der Waals surface area (Å²) in [4.78, 5) is 17.0. The minimum absolute atomic E-state index is 0.148. The quantitative estimate of drug-likeness (QED) is 0.822. The molecule has 1 aromatic carbocycles. The molecule has 0 bridgehead atoms. The first kappa shape index (κ1) is 15.6. The van der Waals surface area contributed by atoms with Crippen LogP contribution < -0.4 is 5.32 Å². The number of hydrogen-bond donors (Lipinski definition) is 1. The summed E-state index contributed by atoms with van der Waals surface area (Å²) in [6.45, 7) is 2.19. The van der Waals surface area contributed by atoms with Crippen molar-refractivity contribution in [2.45, 2.75) is 26.2 Å². The van der Waals surface area contributed by atoms with Crippen molar-refractivity contribution >= 4 is 34.6 Å². The van der Waals surface area contributed by atoms with Gasteiger partial charge in [-0.3, -0.25) is 4.79 Å². The van der Waals surface area contributed by atoms with Crippen LogP contribution in [0, 0.1) is 0 Å². The first-order chi connectivity index (χ1) is 11.2. The first-order valence-electron chi connectivity index (χ1n) is 7.66. The molecule has 1 saturated heterocycles. The van der Waals surface area contributed by atoms with E-state index in [0.717, 1.165) is 12.1 Å². The van der Waals surface area contributed by atoms with Crippen LogP contribution in [0.2, 0.25) is 0 Å². The van der Waals surface area contributed by atoms with Gasteiger partial charge < -0.3 is 9.73 Å². The molecule has 23 heavy (non-hydrogen) atoms. The highest BCUT2D eigenvalue weighted by atomic mass is 32.2. The van der Waals surface area contributed by atoms with E-state index < -0.39 is 0 Å². The molecule has 4 nitrogen and oxygen atoms in total. The van der Waals surface area contributed by atoms with Crippen molar-refractivity contribution in [1.82, 2.24) is 5.32 Å². The second-order valence-electron chi connectivity index (χ2n) is 5.27. The predicted molar refractivity (Wildman–Crippen MR) is 94.6 cm³/mol. The van der Waals surface area contributed by atoms with Gasteiger partial charge in [0.05, 0.1) is 16.9 Å². The molecule has 3 rings (SSSR count). The minimum atomic E-state index is -0.148. The average Bonchev–Trinajstić information content (AvgIpc) is 3.17. The number of hydrogen-bond acceptors (Lipinski definition) is 4. The fraction of sp³-hybridized carbons (Fsp3) is 0.222. The van der Waals surface area contributed by atoms with Crippen LogP contribution in [0.4, 0.5) is 5.69 Å². The summed E-state index contributed by atoms with van der Waals surface area (Å²) < 4.78 is 5.23. The summed E-state index contributed by atoms with van der Waals surface area (Å²) in [7, 11) is 0. The van der Waals surface area contributed by atoms with Gasteiger partial charge in [0.15, 0.2) is 5.17 Å². The Hall–Kier alpha value is -2.27. The Morgan fingerprint density at radius 1 is 1.26 bits per heavy atom. The van der Waals surface area contributed by atoms with Crippen molar-refractivity contribution in [2.24, 2.45) is 4.99 Å². The number of carbonyl (C=O) groups excluding carboxylic acids is 1. The van der Waals surface area contributed by atoms with Crippen LogP contribution in [0.5, 0.6) is 0 Å². The highest BCUT2D eigenvalue weighted by Crippen LogP contribution is 2.28. The molecule has 0 unspecified atom stereocenters. The van der Waals surface area contributed by atoms with E-state index in [9.17, 15) is 4.79 Å². The van der Waals surface area contributed by atoms with Gasteiger partial charge in [-0.15, -0.1) is 0 Å². The monoisotopic (exact) mass is 326 g/mol. The topological polar surface area (TPSA) is 54.6 Å². The van der Waals surface area contributed by atoms with Gasteiger partial charge in [0, 0.05) is 6.08 Å². The maximum atomic E-state index is 12.0. The van der Waals surface area contributed by atoms with Crippen molar-refractivity contribution in [2.75, 3.05) is 0 Å². The van der Waals surface area contributed by atoms with E-state index in [4.69, 9.17) is 4.42 Å². The van der Waals surface area contributed by atoms with Gasteiger partial charge in [0.2, 0.25) is 0 Å². The highest BCUT2D eigenvalue weighted by Gasteiger charge is 2.24. The Kier molecular flexibility index (Phi) is 4.98. The van der Waals surface area contributed by atoms with Crippen molar-refractivity contribution in [3.8, 4) is 0 Å². The third-order valence-corrected chi connectivity index (χ3v) is 4.36. The summed E-state index contributed by atoms with van der Waals surface area (Å²) >= 11 is 1.32. The number of benzene rings is 1. The average molecular weight is 326 g/mol. The van der Waals surface area contributed by atoms with Gasteiger partial charge in [0.25, 0.3) is 5.91 Å². The number of nitrogens with one attached hydrogen (secondary N) is 1. The molecule has 1 aromatic heterocycles. The maximum absolute atomic E-state index is 12.0. The molecule has 1 aliphatic heterocycles. The second-order valence-corrected chi connectivity index (χ2v) is 6.30. The summed E-state index contributed by atoms with van der Waals surface area (Å²) in [6.07, 6.45) is 6.78. The smallest absolute Gasteiger partial charge is 0.264 e. The summed E-state index contributed by atoms with van der Waals surface area (Å²) in [5.74, 6) is 0.508. The van der Waals surface area contributed by atoms with E-state index in [-0.39, 0.29) is 5.91 Å². The molecule has 2 aromatic rings. The number of unbranched alkanes of at least 4 members (excludes halogenated alkanes) is 1. The molecule has 0 radical (unpaired) electrons. The second kappa shape index (κ2) is 7.33. The number of rotatable bonds is 5. The van der Waals surface area contributed by atoms with Gasteiger partial charge in [-0.2, -0.15) is 0 Å². The lowest BCUT2D eigenvalue weighted by Gasteiger charge is -2.01. The van der Waals surface area contributed by atoms with Gasteiger partial charge in [-0.25, -0.2) is 4.99 Å². The number of furan rings is 1. The van der Waals surface area contributed by atoms with Gasteiger partial charge in [-0.05, 0) is 54.4 Å². The van der Waals surface area contributed by atoms with Crippen molar-refractivity contribution in [3.05, 3.63) is 58.9 Å². The number of thioether (sulfide) groups is 1. The molecule has 1 aliphatic rings. The van der Waals surface area contributed by atoms with Crippen LogP contribution in [0.25, 0.3) is 6.08 Å². The molecule has 0 saturated carbocycles. The zero-order valence-corrected chi connectivity index (χ0v) is 13.7. The number of carbonyl (C=O) groups is 1. The molecule has 0 atom stereocenters. The van der Waals surface area contributed by atoms with E-state index >= 15 is 0 Å². The third-order valence-electron chi connectivity index (χ3n) is 3.45. The Labute approximate surface area is 139 Å². The fourth-order valence-corrected chi connectivity index (χ4v) is 3.04. The standard InChI is InChI=1S/C18H18N2O2S/c1-2-3-5-13-7-9-14(10-8-13)19-18-20-17(21)16(23-18)12-15-6-4-11-22-15/h4,6-12H,2-3,5H2,1H3,(H,19,20,21). The molecule has 0 spiro atoms. The molecule has 1 amide bonds. The number of aryl methyl sites for hydroxylation is 1. The number of amidine groups is 1. The molecule has 2 heterocycles. The van der Waals surface area contributed by atoms with E-state index in [1.807, 2.05) is 18.2 Å². The number of amides is 1. The Balaban J connectivity index is 1.70. The van der Waals surface area contributed by atoms with Crippen molar-refractivity contribution in [3.63, 3.8) is 0 Å². The summed E-state index contributed by atoms with van der Waals surface area (Å²) in [5.41, 5.74) is 2.16. The zero-order chi connectivity index (χ0) is 16.1. The van der Waals surface area contributed by atoms with Crippen LogP contribution >= 0.6 is 11.8 Å². The van der Waals surface area contributed by atoms with Crippen LogP contribution in [0.1, 0.15) is 31.1 Å². The van der Waals surface area contributed by atoms with Crippen LogP contribution in [0.3, 0.4) is 0 Å². The van der Waals surface area contributed by atoms with Crippen molar-refractivity contribution in [1.29, 1.82) is 0 Å². The molecular formula is C18H18N2O2S. The lowest BCUT2D eigenvalue weighted by Crippen LogP contribution is -2.19. The maximum Gasteiger partial charge on any atom is 0.264 e. The lowest BCUT2D eigenvalue weighted by molar-refractivity contribution is -0.115. The van der Waals surface area contributed by atoms with Crippen LogP contribution in [0.15, 0.2) is 57.0 Å². The molecule has 0 aliphatic carbocycles. The summed E-state index contributed by atoms with van der Waals surface area (Å²) in [5, 5.41) is 3.37. The van der Waals surface area contributed by atoms with Crippen LogP contribution in [-0.2, 0) is 11.2 Å². The summed E-state index contributed by atoms with van der Waals surface area (Å²) in [6, 6.07) is 11.8. The third kappa shape index (κ3) is 4.13. The Bertz CT molecular complexity index is 731. The molecular weight excluding hydrogens is 308 g/mol. The van der Waals surface area contributed by atoms with Gasteiger partial charge in [0.1, 0.15) is 5.76 Å². The van der Waals surface area contributed by atoms with Gasteiger partial charge >= 0.3 is 0 Å². The molecule has 5 heteroatoms. The highest BCUT2D eigenvalue weighted by molar-refractivity contribution is 8.18. The molecule has 118 valence electrons. The predicted octanol–water partition coefficient (Wildman–Crippen LogP) is 4.51. The largest absolute Gasteiger partial charge is 0.465 e. The first-order valence-corrected chi connectivity index (χ1v) is 8.48. The minimum Gasteiger partial charge on any atom is -0.465 e. The van der Waals surface area contributed by atoms with Crippen LogP contribution in [-0.4, -0.2) is 11.1 Å². The van der Waals surface area contributed by atoms with Gasteiger partial charge in [-0.1, -0.05) is 25.5 Å². The SMILES string of the molecule is CCCCc1ccc(N=C2NC(=O)C(=Cc3ccco3)S2)cc1. The number of aliphatic imine (C=N–C) groups is 1. The van der Waals surface area contributed by atoms with E-state index in [2.05, 4.69) is 29.4 Å². The fourth-order valence-electron chi connectivity index (χ4n) is 2.22. The zero-order valence-electron chi connectivity index (χ0n) is 12.9. The van der Waals surface area contributed by atoms with E-state index in [1.165, 1.54) is 30.2 Å². The normalized spacial score (nSPS) is 17.9. The Morgan fingerprint density at radius 3 is 2.78 bits per heavy atom. The number of nitrogens with zero attached hydrogens (tertiary/aromatic N) is 1. The molecule has 1 N–H and O–H groups in total. The van der Waals surface area contributed by atoms with E-state index in [0.29, 0.717) is 15.8 Å². The van der Waals surface area contributed by atoms with Crippen molar-refractivity contribution < 1.29 is 9.21 Å². The van der Waals surface area contributed by atoms with E-state index in [1.54, 1.807) is 18.4 Å². The molecule has 1 fully saturated rings.